The van der Waals surface area contributed by atoms with Crippen LogP contribution in [0.3, 0.4) is 0 Å². The maximum atomic E-state index is 12.1. The SMILES string of the molecule is COC(=O)c1[nH]c(C)cc1NC(=O)Cc1ccnc(OC)c1. The number of carbonyl (C=O) groups is 2. The minimum absolute atomic E-state index is 0.143. The summed E-state index contributed by atoms with van der Waals surface area (Å²) < 4.78 is 9.69. The Morgan fingerprint density at radius 1 is 1.32 bits per heavy atom. The maximum Gasteiger partial charge on any atom is 0.356 e. The van der Waals surface area contributed by atoms with E-state index in [9.17, 15) is 9.59 Å². The van der Waals surface area contributed by atoms with Gasteiger partial charge in [0.1, 0.15) is 5.69 Å². The maximum absolute atomic E-state index is 12.1. The number of anilines is 1. The van der Waals surface area contributed by atoms with Gasteiger partial charge in [-0.05, 0) is 24.6 Å². The first-order valence-electron chi connectivity index (χ1n) is 6.60. The van der Waals surface area contributed by atoms with E-state index in [0.29, 0.717) is 11.6 Å². The average molecular weight is 303 g/mol. The number of aromatic amines is 1. The predicted octanol–water partition coefficient (Wildman–Crippen LogP) is 1.69. The number of carbonyl (C=O) groups excluding carboxylic acids is 2. The van der Waals surface area contributed by atoms with Gasteiger partial charge in [0.25, 0.3) is 0 Å². The van der Waals surface area contributed by atoms with Crippen molar-refractivity contribution in [1.82, 2.24) is 9.97 Å². The third-order valence-corrected chi connectivity index (χ3v) is 2.99. The molecule has 7 nitrogen and oxygen atoms in total. The lowest BCUT2D eigenvalue weighted by Gasteiger charge is -2.06. The van der Waals surface area contributed by atoms with Gasteiger partial charge in [0.05, 0.1) is 26.3 Å². The van der Waals surface area contributed by atoms with Crippen LogP contribution in [0.25, 0.3) is 0 Å². The van der Waals surface area contributed by atoms with Gasteiger partial charge >= 0.3 is 5.97 Å². The lowest BCUT2D eigenvalue weighted by Crippen LogP contribution is -2.16. The number of nitrogens with one attached hydrogen (secondary N) is 2. The second kappa shape index (κ2) is 6.75. The van der Waals surface area contributed by atoms with Crippen LogP contribution in [0, 0.1) is 6.92 Å². The van der Waals surface area contributed by atoms with E-state index < -0.39 is 5.97 Å². The molecule has 116 valence electrons. The van der Waals surface area contributed by atoms with Crippen LogP contribution < -0.4 is 10.1 Å². The van der Waals surface area contributed by atoms with Crippen LogP contribution in [0.4, 0.5) is 5.69 Å². The van der Waals surface area contributed by atoms with Gasteiger partial charge in [0.2, 0.25) is 11.8 Å². The van der Waals surface area contributed by atoms with Crippen molar-refractivity contribution in [3.63, 3.8) is 0 Å². The standard InChI is InChI=1S/C15H17N3O4/c1-9-6-11(14(17-9)15(20)22-3)18-12(19)7-10-4-5-16-13(8-10)21-2/h4-6,8,17H,7H2,1-3H3,(H,18,19). The normalized spacial score (nSPS) is 10.1. The Balaban J connectivity index is 2.10. The fraction of sp³-hybridized carbons (Fsp3) is 0.267. The number of rotatable bonds is 5. The van der Waals surface area contributed by atoms with Gasteiger partial charge in [-0.3, -0.25) is 4.79 Å². The molecule has 2 aromatic heterocycles. The van der Waals surface area contributed by atoms with Crippen molar-refractivity contribution < 1.29 is 19.1 Å². The van der Waals surface area contributed by atoms with Crippen molar-refractivity contribution in [2.24, 2.45) is 0 Å². The number of H-pyrrole nitrogens is 1. The molecule has 1 amide bonds. The molecule has 0 aliphatic carbocycles. The molecule has 22 heavy (non-hydrogen) atoms. The fourth-order valence-corrected chi connectivity index (χ4v) is 2.00. The lowest BCUT2D eigenvalue weighted by molar-refractivity contribution is -0.115. The molecule has 0 saturated carbocycles. The quantitative estimate of drug-likeness (QED) is 0.820. The van der Waals surface area contributed by atoms with E-state index in [-0.39, 0.29) is 18.0 Å². The summed E-state index contributed by atoms with van der Waals surface area (Å²) >= 11 is 0. The van der Waals surface area contributed by atoms with Gasteiger partial charge in [-0.1, -0.05) is 0 Å². The number of pyridine rings is 1. The minimum Gasteiger partial charge on any atom is -0.481 e. The first kappa shape index (κ1) is 15.6. The zero-order valence-electron chi connectivity index (χ0n) is 12.6. The van der Waals surface area contributed by atoms with Crippen LogP contribution in [0.15, 0.2) is 24.4 Å². The first-order valence-corrected chi connectivity index (χ1v) is 6.60. The second-order valence-electron chi connectivity index (χ2n) is 4.66. The van der Waals surface area contributed by atoms with Crippen LogP contribution in [-0.2, 0) is 16.0 Å². The summed E-state index contributed by atoms with van der Waals surface area (Å²) in [5.41, 5.74) is 2.13. The summed E-state index contributed by atoms with van der Waals surface area (Å²) in [6.07, 6.45) is 1.71. The molecular weight excluding hydrogens is 286 g/mol. The molecule has 0 aromatic carbocycles. The Morgan fingerprint density at radius 3 is 2.77 bits per heavy atom. The number of hydrogen-bond donors (Lipinski definition) is 2. The number of amides is 1. The van der Waals surface area contributed by atoms with Crippen molar-refractivity contribution in [2.45, 2.75) is 13.3 Å². The van der Waals surface area contributed by atoms with Crippen LogP contribution in [-0.4, -0.2) is 36.1 Å². The number of esters is 1. The number of aryl methyl sites for hydroxylation is 1. The molecule has 0 fully saturated rings. The Morgan fingerprint density at radius 2 is 2.09 bits per heavy atom. The summed E-state index contributed by atoms with van der Waals surface area (Å²) in [6, 6.07) is 5.09. The van der Waals surface area contributed by atoms with Gasteiger partial charge in [-0.15, -0.1) is 0 Å². The van der Waals surface area contributed by atoms with E-state index in [0.717, 1.165) is 11.3 Å². The van der Waals surface area contributed by atoms with Crippen LogP contribution >= 0.6 is 0 Å². The number of ether oxygens (including phenoxy) is 2. The Kier molecular flexibility index (Phi) is 4.77. The number of methoxy groups -OCH3 is 2. The molecule has 2 rings (SSSR count). The fourth-order valence-electron chi connectivity index (χ4n) is 2.00. The third-order valence-electron chi connectivity index (χ3n) is 2.99. The molecule has 0 aliphatic heterocycles. The van der Waals surface area contributed by atoms with Crippen molar-refractivity contribution in [1.29, 1.82) is 0 Å². The molecule has 0 unspecified atom stereocenters. The molecule has 7 heteroatoms. The van der Waals surface area contributed by atoms with Gasteiger partial charge in [0.15, 0.2) is 0 Å². The summed E-state index contributed by atoms with van der Waals surface area (Å²) in [5, 5.41) is 2.70. The first-order chi connectivity index (χ1) is 10.5. The van der Waals surface area contributed by atoms with Crippen LogP contribution in [0.5, 0.6) is 5.88 Å². The van der Waals surface area contributed by atoms with E-state index in [1.807, 2.05) is 0 Å². The molecule has 0 saturated heterocycles. The minimum atomic E-state index is -0.533. The zero-order chi connectivity index (χ0) is 16.1. The second-order valence-corrected chi connectivity index (χ2v) is 4.66. The number of nitrogens with zero attached hydrogens (tertiary/aromatic N) is 1. The highest BCUT2D eigenvalue weighted by Crippen LogP contribution is 2.18. The van der Waals surface area contributed by atoms with E-state index >= 15 is 0 Å². The predicted molar refractivity (Wildman–Crippen MR) is 80.0 cm³/mol. The summed E-state index contributed by atoms with van der Waals surface area (Å²) in [4.78, 5) is 30.6. The van der Waals surface area contributed by atoms with E-state index in [1.165, 1.54) is 14.2 Å². The molecular formula is C15H17N3O4. The molecule has 2 N–H and O–H groups in total. The van der Waals surface area contributed by atoms with Crippen LogP contribution in [0.1, 0.15) is 21.7 Å². The highest BCUT2D eigenvalue weighted by molar-refractivity contribution is 6.00. The van der Waals surface area contributed by atoms with Crippen molar-refractivity contribution in [3.8, 4) is 5.88 Å². The highest BCUT2D eigenvalue weighted by Gasteiger charge is 2.17. The topological polar surface area (TPSA) is 93.3 Å². The molecule has 2 aromatic rings. The molecule has 0 atom stereocenters. The van der Waals surface area contributed by atoms with Gasteiger partial charge in [-0.25, -0.2) is 9.78 Å². The van der Waals surface area contributed by atoms with Crippen molar-refractivity contribution in [2.75, 3.05) is 19.5 Å². The lowest BCUT2D eigenvalue weighted by atomic mass is 10.2. The van der Waals surface area contributed by atoms with Crippen molar-refractivity contribution in [3.05, 3.63) is 41.3 Å². The van der Waals surface area contributed by atoms with E-state index in [1.54, 1.807) is 31.3 Å². The van der Waals surface area contributed by atoms with E-state index in [2.05, 4.69) is 20.0 Å². The molecule has 0 bridgehead atoms. The molecule has 2 heterocycles. The largest absolute Gasteiger partial charge is 0.481 e. The number of aromatic nitrogens is 2. The van der Waals surface area contributed by atoms with Crippen molar-refractivity contribution >= 4 is 17.6 Å². The Labute approximate surface area is 127 Å². The third kappa shape index (κ3) is 3.63. The summed E-state index contributed by atoms with van der Waals surface area (Å²) in [5.74, 6) is -0.343. The van der Waals surface area contributed by atoms with Gasteiger partial charge in [0, 0.05) is 18.0 Å². The van der Waals surface area contributed by atoms with E-state index in [4.69, 9.17) is 4.74 Å². The zero-order valence-corrected chi connectivity index (χ0v) is 12.6. The van der Waals surface area contributed by atoms with Gasteiger partial charge < -0.3 is 19.8 Å². The average Bonchev–Trinajstić information content (AvgIpc) is 2.87. The van der Waals surface area contributed by atoms with Crippen LogP contribution in [0.2, 0.25) is 0 Å². The molecule has 0 spiro atoms. The number of hydrogen-bond acceptors (Lipinski definition) is 5. The monoisotopic (exact) mass is 303 g/mol. The Hall–Kier alpha value is -2.83. The molecule has 0 aliphatic rings. The smallest absolute Gasteiger partial charge is 0.356 e. The van der Waals surface area contributed by atoms with Gasteiger partial charge in [-0.2, -0.15) is 0 Å². The highest BCUT2D eigenvalue weighted by atomic mass is 16.5. The Bertz CT molecular complexity index is 694. The summed E-state index contributed by atoms with van der Waals surface area (Å²) in [6.45, 7) is 1.79. The molecule has 0 radical (unpaired) electrons. The summed E-state index contributed by atoms with van der Waals surface area (Å²) in [7, 11) is 2.80.